The van der Waals surface area contributed by atoms with Gasteiger partial charge in [0.15, 0.2) is 11.5 Å². The molecule has 1 amide bonds. The van der Waals surface area contributed by atoms with Crippen LogP contribution in [-0.2, 0) is 4.79 Å². The van der Waals surface area contributed by atoms with Gasteiger partial charge in [-0.15, -0.1) is 11.8 Å². The van der Waals surface area contributed by atoms with E-state index in [-0.39, 0.29) is 11.3 Å². The minimum absolute atomic E-state index is 0.0916. The average molecular weight is 359 g/mol. The van der Waals surface area contributed by atoms with Crippen molar-refractivity contribution in [2.24, 2.45) is 0 Å². The third-order valence-electron chi connectivity index (χ3n) is 3.99. The molecule has 0 spiro atoms. The van der Waals surface area contributed by atoms with Gasteiger partial charge in [0.1, 0.15) is 11.1 Å². The zero-order valence-corrected chi connectivity index (χ0v) is 15.3. The number of carbonyl (C=O) groups excluding carboxylic acids is 1. The summed E-state index contributed by atoms with van der Waals surface area (Å²) in [7, 11) is 3.22. The number of ether oxygens (including phenoxy) is 3. The number of nitrogens with zero attached hydrogens (tertiary/aromatic N) is 1. The second-order valence-electron chi connectivity index (χ2n) is 5.47. The van der Waals surface area contributed by atoms with E-state index in [1.807, 2.05) is 54.3 Å². The second kappa shape index (κ2) is 7.70. The molecule has 0 unspecified atom stereocenters. The fraction of sp³-hybridized carbons (Fsp3) is 0.316. The van der Waals surface area contributed by atoms with Crippen molar-refractivity contribution >= 4 is 23.4 Å². The first kappa shape index (κ1) is 17.5. The Labute approximate surface area is 151 Å². The molecule has 2 aromatic carbocycles. The highest BCUT2D eigenvalue weighted by molar-refractivity contribution is 8.00. The molecule has 1 saturated heterocycles. The van der Waals surface area contributed by atoms with Crippen LogP contribution in [0.5, 0.6) is 17.2 Å². The van der Waals surface area contributed by atoms with Gasteiger partial charge in [0.2, 0.25) is 5.91 Å². The van der Waals surface area contributed by atoms with E-state index >= 15 is 0 Å². The van der Waals surface area contributed by atoms with Crippen molar-refractivity contribution in [3.05, 3.63) is 48.0 Å². The van der Waals surface area contributed by atoms with E-state index in [9.17, 15) is 4.79 Å². The van der Waals surface area contributed by atoms with Crippen molar-refractivity contribution in [2.45, 2.75) is 12.3 Å². The van der Waals surface area contributed by atoms with Gasteiger partial charge in [-0.3, -0.25) is 9.69 Å². The summed E-state index contributed by atoms with van der Waals surface area (Å²) in [6.45, 7) is 2.56. The van der Waals surface area contributed by atoms with Gasteiger partial charge in [0, 0.05) is 5.69 Å². The summed E-state index contributed by atoms with van der Waals surface area (Å²) in [4.78, 5) is 14.3. The molecule has 5 nitrogen and oxygen atoms in total. The van der Waals surface area contributed by atoms with Crippen molar-refractivity contribution in [3.8, 4) is 17.2 Å². The van der Waals surface area contributed by atoms with Crippen LogP contribution in [0.1, 0.15) is 17.9 Å². The normalized spacial score (nSPS) is 16.8. The van der Waals surface area contributed by atoms with Gasteiger partial charge in [0.25, 0.3) is 0 Å². The fourth-order valence-corrected chi connectivity index (χ4v) is 3.99. The van der Waals surface area contributed by atoms with Gasteiger partial charge < -0.3 is 14.2 Å². The van der Waals surface area contributed by atoms with Crippen LogP contribution < -0.4 is 19.1 Å². The van der Waals surface area contributed by atoms with Crippen LogP contribution in [0.15, 0.2) is 42.5 Å². The Hall–Kier alpha value is -2.34. The minimum Gasteiger partial charge on any atom is -0.494 e. The van der Waals surface area contributed by atoms with Crippen molar-refractivity contribution in [1.82, 2.24) is 0 Å². The molecular formula is C19H21NO4S. The first-order valence-corrected chi connectivity index (χ1v) is 9.11. The second-order valence-corrected chi connectivity index (χ2v) is 6.54. The molecule has 3 rings (SSSR count). The molecule has 6 heteroatoms. The smallest absolute Gasteiger partial charge is 0.238 e. The predicted octanol–water partition coefficient (Wildman–Crippen LogP) is 3.88. The Morgan fingerprint density at radius 3 is 2.44 bits per heavy atom. The van der Waals surface area contributed by atoms with E-state index in [2.05, 4.69) is 0 Å². The third kappa shape index (κ3) is 3.54. The maximum Gasteiger partial charge on any atom is 0.238 e. The molecule has 0 bridgehead atoms. The Morgan fingerprint density at radius 2 is 1.80 bits per heavy atom. The number of methoxy groups -OCH3 is 2. The number of thioether (sulfide) groups is 1. The Bertz CT molecular complexity index is 748. The molecule has 1 fully saturated rings. The average Bonchev–Trinajstić information content (AvgIpc) is 3.03. The molecule has 1 heterocycles. The number of anilines is 1. The molecule has 1 aliphatic rings. The van der Waals surface area contributed by atoms with E-state index in [0.29, 0.717) is 23.9 Å². The van der Waals surface area contributed by atoms with Crippen molar-refractivity contribution in [2.75, 3.05) is 31.5 Å². The van der Waals surface area contributed by atoms with Crippen LogP contribution >= 0.6 is 11.8 Å². The lowest BCUT2D eigenvalue weighted by Gasteiger charge is -2.25. The number of carbonyl (C=O) groups is 1. The molecule has 25 heavy (non-hydrogen) atoms. The predicted molar refractivity (Wildman–Crippen MR) is 99.8 cm³/mol. The summed E-state index contributed by atoms with van der Waals surface area (Å²) in [6.07, 6.45) is 0. The fourth-order valence-electron chi connectivity index (χ4n) is 2.83. The number of benzene rings is 2. The van der Waals surface area contributed by atoms with Crippen LogP contribution in [0.25, 0.3) is 0 Å². The molecule has 132 valence electrons. The summed E-state index contributed by atoms with van der Waals surface area (Å²) in [6, 6.07) is 13.4. The monoisotopic (exact) mass is 359 g/mol. The van der Waals surface area contributed by atoms with E-state index < -0.39 is 0 Å². The van der Waals surface area contributed by atoms with Crippen LogP contribution in [0.2, 0.25) is 0 Å². The zero-order chi connectivity index (χ0) is 17.8. The molecular weight excluding hydrogens is 338 g/mol. The van der Waals surface area contributed by atoms with Gasteiger partial charge in [-0.25, -0.2) is 0 Å². The lowest BCUT2D eigenvalue weighted by atomic mass is 10.1. The summed E-state index contributed by atoms with van der Waals surface area (Å²) in [5.41, 5.74) is 1.86. The molecule has 0 aromatic heterocycles. The highest BCUT2D eigenvalue weighted by Gasteiger charge is 2.34. The van der Waals surface area contributed by atoms with Crippen LogP contribution in [-0.4, -0.2) is 32.5 Å². The number of hydrogen-bond donors (Lipinski definition) is 0. The Balaban J connectivity index is 1.91. The highest BCUT2D eigenvalue weighted by atomic mass is 32.2. The van der Waals surface area contributed by atoms with Gasteiger partial charge in [-0.2, -0.15) is 0 Å². The molecule has 0 radical (unpaired) electrons. The minimum atomic E-state index is -0.0924. The van der Waals surface area contributed by atoms with Crippen LogP contribution in [0, 0.1) is 0 Å². The SMILES string of the molecule is CCOc1ccc(N2C(=O)CS[C@H]2c2ccc(OC)c(OC)c2)cc1. The first-order chi connectivity index (χ1) is 12.2. The summed E-state index contributed by atoms with van der Waals surface area (Å²) >= 11 is 1.60. The lowest BCUT2D eigenvalue weighted by Crippen LogP contribution is -2.27. The molecule has 1 atom stereocenters. The summed E-state index contributed by atoms with van der Waals surface area (Å²) in [5.74, 6) is 2.67. The van der Waals surface area contributed by atoms with E-state index in [0.717, 1.165) is 17.0 Å². The van der Waals surface area contributed by atoms with Gasteiger partial charge in [-0.05, 0) is 48.9 Å². The summed E-state index contributed by atoms with van der Waals surface area (Å²) in [5, 5.41) is -0.0924. The van der Waals surface area contributed by atoms with E-state index in [1.54, 1.807) is 26.0 Å². The third-order valence-corrected chi connectivity index (χ3v) is 5.20. The summed E-state index contributed by atoms with van der Waals surface area (Å²) < 4.78 is 16.2. The Kier molecular flexibility index (Phi) is 5.38. The molecule has 0 N–H and O–H groups in total. The maximum atomic E-state index is 12.5. The van der Waals surface area contributed by atoms with Crippen molar-refractivity contribution in [3.63, 3.8) is 0 Å². The topological polar surface area (TPSA) is 48.0 Å². The van der Waals surface area contributed by atoms with Gasteiger partial charge in [-0.1, -0.05) is 6.07 Å². The zero-order valence-electron chi connectivity index (χ0n) is 14.5. The van der Waals surface area contributed by atoms with Crippen molar-refractivity contribution in [1.29, 1.82) is 0 Å². The maximum absolute atomic E-state index is 12.5. The van der Waals surface area contributed by atoms with Crippen LogP contribution in [0.4, 0.5) is 5.69 Å². The quantitative estimate of drug-likeness (QED) is 0.783. The molecule has 2 aromatic rings. The molecule has 0 saturated carbocycles. The number of amides is 1. The number of rotatable bonds is 6. The van der Waals surface area contributed by atoms with E-state index in [1.165, 1.54) is 0 Å². The van der Waals surface area contributed by atoms with Crippen molar-refractivity contribution < 1.29 is 19.0 Å². The first-order valence-electron chi connectivity index (χ1n) is 8.06. The number of hydrogen-bond acceptors (Lipinski definition) is 5. The Morgan fingerprint density at radius 1 is 1.08 bits per heavy atom. The van der Waals surface area contributed by atoms with Gasteiger partial charge in [0.05, 0.1) is 26.6 Å². The highest BCUT2D eigenvalue weighted by Crippen LogP contribution is 2.44. The molecule has 1 aliphatic heterocycles. The molecule has 0 aliphatic carbocycles. The standard InChI is InChI=1S/C19H21NO4S/c1-4-24-15-8-6-14(7-9-15)20-18(21)12-25-19(20)13-5-10-16(22-2)17(11-13)23-3/h5-11,19H,4,12H2,1-3H3/t19-/m0/s1. The van der Waals surface area contributed by atoms with Gasteiger partial charge >= 0.3 is 0 Å². The van der Waals surface area contributed by atoms with Crippen LogP contribution in [0.3, 0.4) is 0 Å². The lowest BCUT2D eigenvalue weighted by molar-refractivity contribution is -0.115. The van der Waals surface area contributed by atoms with E-state index in [4.69, 9.17) is 14.2 Å². The largest absolute Gasteiger partial charge is 0.494 e.